The van der Waals surface area contributed by atoms with Crippen LogP contribution in [0.15, 0.2) is 42.6 Å². The number of hydrogen-bond donors (Lipinski definition) is 1. The third-order valence-electron chi connectivity index (χ3n) is 2.70. The highest BCUT2D eigenvalue weighted by Gasteiger charge is 2.01. The first-order valence-electron chi connectivity index (χ1n) is 6.18. The smallest absolute Gasteiger partial charge is 0.129 e. The second-order valence-electron chi connectivity index (χ2n) is 4.15. The standard InChI is InChI=1S/C15H17N3O/c1-18(11-12-19)15-7-4-6-14(17-15)9-8-13-5-2-3-10-16-13/h2-10,19H,11-12H2,1H3. The molecule has 0 atom stereocenters. The summed E-state index contributed by atoms with van der Waals surface area (Å²) in [5, 5.41) is 8.93. The summed E-state index contributed by atoms with van der Waals surface area (Å²) >= 11 is 0. The first-order valence-corrected chi connectivity index (χ1v) is 6.18. The number of rotatable bonds is 5. The molecular weight excluding hydrogens is 238 g/mol. The summed E-state index contributed by atoms with van der Waals surface area (Å²) < 4.78 is 0. The Kier molecular flexibility index (Phi) is 4.64. The molecule has 0 radical (unpaired) electrons. The fraction of sp³-hybridized carbons (Fsp3) is 0.200. The van der Waals surface area contributed by atoms with Crippen molar-refractivity contribution in [1.29, 1.82) is 0 Å². The Morgan fingerprint density at radius 2 is 1.89 bits per heavy atom. The highest BCUT2D eigenvalue weighted by Crippen LogP contribution is 2.11. The second-order valence-corrected chi connectivity index (χ2v) is 4.15. The zero-order valence-corrected chi connectivity index (χ0v) is 10.9. The summed E-state index contributed by atoms with van der Waals surface area (Å²) in [5.74, 6) is 0.845. The number of aliphatic hydroxyl groups excluding tert-OH is 1. The molecule has 2 rings (SSSR count). The van der Waals surface area contributed by atoms with E-state index in [0.29, 0.717) is 6.54 Å². The van der Waals surface area contributed by atoms with Crippen molar-refractivity contribution in [3.8, 4) is 0 Å². The minimum atomic E-state index is 0.117. The molecule has 0 aromatic carbocycles. The number of aromatic nitrogens is 2. The van der Waals surface area contributed by atoms with E-state index in [1.807, 2.05) is 60.5 Å². The van der Waals surface area contributed by atoms with Crippen molar-refractivity contribution in [3.63, 3.8) is 0 Å². The Hall–Kier alpha value is -2.20. The zero-order chi connectivity index (χ0) is 13.5. The van der Waals surface area contributed by atoms with Crippen LogP contribution in [-0.4, -0.2) is 35.3 Å². The quantitative estimate of drug-likeness (QED) is 0.888. The maximum atomic E-state index is 8.93. The van der Waals surface area contributed by atoms with Gasteiger partial charge in [-0.05, 0) is 36.4 Å². The van der Waals surface area contributed by atoms with Gasteiger partial charge in [-0.3, -0.25) is 4.98 Å². The lowest BCUT2D eigenvalue weighted by Crippen LogP contribution is -2.22. The predicted molar refractivity (Wildman–Crippen MR) is 77.8 cm³/mol. The molecule has 98 valence electrons. The van der Waals surface area contributed by atoms with E-state index in [1.54, 1.807) is 6.20 Å². The molecule has 0 unspecified atom stereocenters. The van der Waals surface area contributed by atoms with Crippen LogP contribution in [0.4, 0.5) is 5.82 Å². The Balaban J connectivity index is 2.13. The minimum absolute atomic E-state index is 0.117. The first kappa shape index (κ1) is 13.2. The molecule has 0 saturated heterocycles. The second kappa shape index (κ2) is 6.66. The number of pyridine rings is 2. The van der Waals surface area contributed by atoms with Crippen LogP contribution >= 0.6 is 0 Å². The fourth-order valence-corrected chi connectivity index (χ4v) is 1.65. The maximum absolute atomic E-state index is 8.93. The number of aliphatic hydroxyl groups is 1. The van der Waals surface area contributed by atoms with Crippen LogP contribution < -0.4 is 4.90 Å². The zero-order valence-electron chi connectivity index (χ0n) is 10.9. The molecule has 0 fully saturated rings. The molecule has 2 heterocycles. The third-order valence-corrected chi connectivity index (χ3v) is 2.70. The van der Waals surface area contributed by atoms with Crippen LogP contribution in [0.2, 0.25) is 0 Å². The SMILES string of the molecule is CN(CCO)c1cccc(C=Cc2ccccn2)n1. The molecule has 1 N–H and O–H groups in total. The minimum Gasteiger partial charge on any atom is -0.395 e. The first-order chi connectivity index (χ1) is 9.29. The number of nitrogens with zero attached hydrogens (tertiary/aromatic N) is 3. The van der Waals surface area contributed by atoms with Crippen molar-refractivity contribution in [3.05, 3.63) is 54.0 Å². The topological polar surface area (TPSA) is 49.2 Å². The summed E-state index contributed by atoms with van der Waals surface area (Å²) in [5.41, 5.74) is 1.77. The lowest BCUT2D eigenvalue weighted by Gasteiger charge is -2.16. The largest absolute Gasteiger partial charge is 0.395 e. The van der Waals surface area contributed by atoms with Crippen molar-refractivity contribution in [2.24, 2.45) is 0 Å². The van der Waals surface area contributed by atoms with E-state index < -0.39 is 0 Å². The van der Waals surface area contributed by atoms with Gasteiger partial charge in [0.2, 0.25) is 0 Å². The molecule has 0 saturated carbocycles. The average Bonchev–Trinajstić information content (AvgIpc) is 2.47. The highest BCUT2D eigenvalue weighted by atomic mass is 16.3. The third kappa shape index (κ3) is 3.89. The Morgan fingerprint density at radius 1 is 1.11 bits per heavy atom. The normalized spacial score (nSPS) is 10.8. The molecule has 4 heteroatoms. The van der Waals surface area contributed by atoms with Gasteiger partial charge in [-0.1, -0.05) is 12.1 Å². The molecule has 0 amide bonds. The lowest BCUT2D eigenvalue weighted by atomic mass is 10.2. The molecular formula is C15H17N3O. The van der Waals surface area contributed by atoms with E-state index in [9.17, 15) is 0 Å². The molecule has 0 aliphatic heterocycles. The molecule has 0 bridgehead atoms. The molecule has 0 aliphatic carbocycles. The van der Waals surface area contributed by atoms with E-state index in [-0.39, 0.29) is 6.61 Å². The molecule has 0 spiro atoms. The van der Waals surface area contributed by atoms with Gasteiger partial charge in [0, 0.05) is 19.8 Å². The van der Waals surface area contributed by atoms with E-state index in [0.717, 1.165) is 17.2 Å². The van der Waals surface area contributed by atoms with Gasteiger partial charge in [-0.2, -0.15) is 0 Å². The molecule has 19 heavy (non-hydrogen) atoms. The van der Waals surface area contributed by atoms with Gasteiger partial charge in [-0.15, -0.1) is 0 Å². The molecule has 4 nitrogen and oxygen atoms in total. The van der Waals surface area contributed by atoms with Crippen LogP contribution in [0.1, 0.15) is 11.4 Å². The van der Waals surface area contributed by atoms with Gasteiger partial charge in [0.15, 0.2) is 0 Å². The summed E-state index contributed by atoms with van der Waals surface area (Å²) in [6.45, 7) is 0.687. The monoisotopic (exact) mass is 255 g/mol. The van der Waals surface area contributed by atoms with E-state index in [2.05, 4.69) is 9.97 Å². The van der Waals surface area contributed by atoms with E-state index >= 15 is 0 Å². The molecule has 0 aliphatic rings. The highest BCUT2D eigenvalue weighted by molar-refractivity contribution is 5.66. The Labute approximate surface area is 113 Å². The van der Waals surface area contributed by atoms with Crippen LogP contribution in [0, 0.1) is 0 Å². The van der Waals surface area contributed by atoms with Crippen LogP contribution in [0.25, 0.3) is 12.2 Å². The Morgan fingerprint density at radius 3 is 2.63 bits per heavy atom. The van der Waals surface area contributed by atoms with Crippen molar-refractivity contribution in [1.82, 2.24) is 9.97 Å². The van der Waals surface area contributed by atoms with Crippen molar-refractivity contribution in [2.75, 3.05) is 25.1 Å². The predicted octanol–water partition coefficient (Wildman–Crippen LogP) is 2.08. The number of likely N-dealkylation sites (N-methyl/N-ethyl adjacent to an activating group) is 1. The van der Waals surface area contributed by atoms with Gasteiger partial charge in [0.05, 0.1) is 18.0 Å². The van der Waals surface area contributed by atoms with E-state index in [1.165, 1.54) is 0 Å². The fourth-order valence-electron chi connectivity index (χ4n) is 1.65. The van der Waals surface area contributed by atoms with Crippen LogP contribution in [0.5, 0.6) is 0 Å². The van der Waals surface area contributed by atoms with Crippen molar-refractivity contribution in [2.45, 2.75) is 0 Å². The van der Waals surface area contributed by atoms with Crippen LogP contribution in [0.3, 0.4) is 0 Å². The van der Waals surface area contributed by atoms with Gasteiger partial charge < -0.3 is 10.0 Å². The summed E-state index contributed by atoms with van der Waals surface area (Å²) in [4.78, 5) is 10.6. The van der Waals surface area contributed by atoms with Gasteiger partial charge in [-0.25, -0.2) is 4.98 Å². The Bertz CT molecular complexity index is 540. The van der Waals surface area contributed by atoms with Gasteiger partial charge in [0.25, 0.3) is 0 Å². The number of hydrogen-bond acceptors (Lipinski definition) is 4. The van der Waals surface area contributed by atoms with Crippen molar-refractivity contribution < 1.29 is 5.11 Å². The molecule has 2 aromatic heterocycles. The van der Waals surface area contributed by atoms with Crippen molar-refractivity contribution >= 4 is 18.0 Å². The maximum Gasteiger partial charge on any atom is 0.129 e. The summed E-state index contributed by atoms with van der Waals surface area (Å²) in [6.07, 6.45) is 5.62. The summed E-state index contributed by atoms with van der Waals surface area (Å²) in [7, 11) is 1.91. The van der Waals surface area contributed by atoms with Crippen LogP contribution in [-0.2, 0) is 0 Å². The summed E-state index contributed by atoms with van der Waals surface area (Å²) in [6, 6.07) is 11.6. The lowest BCUT2D eigenvalue weighted by molar-refractivity contribution is 0.304. The van der Waals surface area contributed by atoms with Gasteiger partial charge >= 0.3 is 0 Å². The average molecular weight is 255 g/mol. The van der Waals surface area contributed by atoms with Gasteiger partial charge in [0.1, 0.15) is 5.82 Å². The molecule has 2 aromatic rings. The number of anilines is 1. The van der Waals surface area contributed by atoms with E-state index in [4.69, 9.17) is 5.11 Å².